The van der Waals surface area contributed by atoms with Gasteiger partial charge >= 0.3 is 0 Å². The number of nitrogens with two attached hydrogens (primary N) is 1. The van der Waals surface area contributed by atoms with E-state index in [0.717, 1.165) is 36.6 Å². The maximum absolute atomic E-state index is 6.07. The molecule has 0 amide bonds. The molecule has 0 aliphatic heterocycles. The van der Waals surface area contributed by atoms with Crippen LogP contribution in [0, 0.1) is 12.8 Å². The fourth-order valence-corrected chi connectivity index (χ4v) is 2.12. The van der Waals surface area contributed by atoms with Gasteiger partial charge in [-0.2, -0.15) is 5.10 Å². The van der Waals surface area contributed by atoms with Crippen LogP contribution >= 0.6 is 0 Å². The lowest BCUT2D eigenvalue weighted by Gasteiger charge is -2.18. The van der Waals surface area contributed by atoms with Crippen LogP contribution in [0.3, 0.4) is 0 Å². The predicted molar refractivity (Wildman–Crippen MR) is 74.2 cm³/mol. The van der Waals surface area contributed by atoms with Crippen molar-refractivity contribution in [2.45, 2.75) is 60.0 Å². The van der Waals surface area contributed by atoms with E-state index in [1.165, 1.54) is 0 Å². The van der Waals surface area contributed by atoms with Crippen LogP contribution in [0.4, 0.5) is 11.5 Å². The Labute approximate surface area is 105 Å². The van der Waals surface area contributed by atoms with E-state index in [0.29, 0.717) is 12.0 Å². The zero-order valence-electron chi connectivity index (χ0n) is 11.7. The van der Waals surface area contributed by atoms with Gasteiger partial charge in [-0.3, -0.25) is 0 Å². The lowest BCUT2D eigenvalue weighted by molar-refractivity contribution is 0.530. The van der Waals surface area contributed by atoms with E-state index in [4.69, 9.17) is 5.73 Å². The van der Waals surface area contributed by atoms with Gasteiger partial charge in [0.1, 0.15) is 5.82 Å². The maximum Gasteiger partial charge on any atom is 0.148 e. The average Bonchev–Trinajstić information content (AvgIpc) is 2.45. The van der Waals surface area contributed by atoms with Crippen molar-refractivity contribution in [1.29, 1.82) is 0 Å². The molecule has 0 aromatic carbocycles. The standard InChI is InChI=1S/C13H26N4/c1-6-7-17-13(12(14)11(5)16-17)15-10(4)8-9(2)3/h9-10,15H,6-8,14H2,1-5H3. The number of anilines is 2. The molecule has 4 nitrogen and oxygen atoms in total. The van der Waals surface area contributed by atoms with Crippen molar-refractivity contribution in [3.63, 3.8) is 0 Å². The summed E-state index contributed by atoms with van der Waals surface area (Å²) in [5.74, 6) is 1.67. The summed E-state index contributed by atoms with van der Waals surface area (Å²) in [7, 11) is 0. The van der Waals surface area contributed by atoms with Gasteiger partial charge in [-0.25, -0.2) is 4.68 Å². The minimum Gasteiger partial charge on any atom is -0.394 e. The van der Waals surface area contributed by atoms with E-state index in [9.17, 15) is 0 Å². The normalized spacial score (nSPS) is 13.1. The number of aryl methyl sites for hydroxylation is 2. The highest BCUT2D eigenvalue weighted by atomic mass is 15.3. The number of aromatic nitrogens is 2. The van der Waals surface area contributed by atoms with Crippen molar-refractivity contribution in [3.05, 3.63) is 5.69 Å². The van der Waals surface area contributed by atoms with Crippen LogP contribution in [0.5, 0.6) is 0 Å². The summed E-state index contributed by atoms with van der Waals surface area (Å²) in [5, 5.41) is 7.95. The second kappa shape index (κ2) is 5.94. The molecule has 0 fully saturated rings. The number of nitrogens with one attached hydrogen (secondary N) is 1. The molecule has 0 saturated heterocycles. The van der Waals surface area contributed by atoms with Gasteiger partial charge in [-0.1, -0.05) is 20.8 Å². The quantitative estimate of drug-likeness (QED) is 0.801. The van der Waals surface area contributed by atoms with E-state index < -0.39 is 0 Å². The first kappa shape index (κ1) is 13.9. The smallest absolute Gasteiger partial charge is 0.148 e. The summed E-state index contributed by atoms with van der Waals surface area (Å²) in [6.45, 7) is 11.7. The molecule has 17 heavy (non-hydrogen) atoms. The molecular weight excluding hydrogens is 212 g/mol. The van der Waals surface area contributed by atoms with Crippen LogP contribution in [0.15, 0.2) is 0 Å². The van der Waals surface area contributed by atoms with Crippen molar-refractivity contribution in [2.24, 2.45) is 5.92 Å². The van der Waals surface area contributed by atoms with Crippen LogP contribution in [0.25, 0.3) is 0 Å². The SMILES string of the molecule is CCCn1nc(C)c(N)c1NC(C)CC(C)C. The molecule has 3 N–H and O–H groups in total. The molecule has 0 saturated carbocycles. The Balaban J connectivity index is 2.81. The molecule has 0 radical (unpaired) electrons. The Morgan fingerprint density at radius 1 is 1.35 bits per heavy atom. The molecule has 1 aromatic heterocycles. The topological polar surface area (TPSA) is 55.9 Å². The van der Waals surface area contributed by atoms with Gasteiger partial charge in [0, 0.05) is 12.6 Å². The molecule has 98 valence electrons. The monoisotopic (exact) mass is 238 g/mol. The fraction of sp³-hybridized carbons (Fsp3) is 0.769. The lowest BCUT2D eigenvalue weighted by atomic mass is 10.1. The Bertz CT molecular complexity index is 355. The third kappa shape index (κ3) is 3.65. The van der Waals surface area contributed by atoms with Gasteiger partial charge in [-0.05, 0) is 32.6 Å². The number of hydrogen-bond donors (Lipinski definition) is 2. The molecule has 1 atom stereocenters. The van der Waals surface area contributed by atoms with Crippen molar-refractivity contribution < 1.29 is 0 Å². The minimum absolute atomic E-state index is 0.420. The molecule has 1 rings (SSSR count). The molecule has 1 unspecified atom stereocenters. The maximum atomic E-state index is 6.07. The Kier molecular flexibility index (Phi) is 4.85. The molecular formula is C13H26N4. The molecule has 0 spiro atoms. The summed E-state index contributed by atoms with van der Waals surface area (Å²) in [6, 6.07) is 0.420. The Hall–Kier alpha value is -1.19. The van der Waals surface area contributed by atoms with Crippen molar-refractivity contribution in [3.8, 4) is 0 Å². The number of nitrogen functional groups attached to an aromatic ring is 1. The van der Waals surface area contributed by atoms with Gasteiger partial charge in [0.25, 0.3) is 0 Å². The van der Waals surface area contributed by atoms with Gasteiger partial charge in [0.05, 0.1) is 11.4 Å². The van der Waals surface area contributed by atoms with Crippen LogP contribution in [-0.4, -0.2) is 15.8 Å². The predicted octanol–water partition coefficient (Wildman–Crippen LogP) is 3.03. The fourth-order valence-electron chi connectivity index (χ4n) is 2.12. The zero-order valence-corrected chi connectivity index (χ0v) is 11.7. The molecule has 4 heteroatoms. The second-order valence-electron chi connectivity index (χ2n) is 5.25. The van der Waals surface area contributed by atoms with E-state index in [1.807, 2.05) is 11.6 Å². The Morgan fingerprint density at radius 2 is 2.00 bits per heavy atom. The van der Waals surface area contributed by atoms with Gasteiger partial charge < -0.3 is 11.1 Å². The molecule has 0 bridgehead atoms. The van der Waals surface area contributed by atoms with Crippen LogP contribution in [0.2, 0.25) is 0 Å². The first-order chi connectivity index (χ1) is 7.95. The minimum atomic E-state index is 0.420. The summed E-state index contributed by atoms with van der Waals surface area (Å²) in [6.07, 6.45) is 2.20. The molecule has 0 aliphatic rings. The van der Waals surface area contributed by atoms with Crippen molar-refractivity contribution in [2.75, 3.05) is 11.1 Å². The highest BCUT2D eigenvalue weighted by molar-refractivity contribution is 5.65. The van der Waals surface area contributed by atoms with E-state index in [1.54, 1.807) is 0 Å². The summed E-state index contributed by atoms with van der Waals surface area (Å²) < 4.78 is 1.99. The summed E-state index contributed by atoms with van der Waals surface area (Å²) in [5.41, 5.74) is 7.77. The van der Waals surface area contributed by atoms with E-state index >= 15 is 0 Å². The highest BCUT2D eigenvalue weighted by Crippen LogP contribution is 2.24. The van der Waals surface area contributed by atoms with Gasteiger partial charge in [-0.15, -0.1) is 0 Å². The van der Waals surface area contributed by atoms with E-state index in [-0.39, 0.29) is 0 Å². The lowest BCUT2D eigenvalue weighted by Crippen LogP contribution is -2.20. The largest absolute Gasteiger partial charge is 0.394 e. The van der Waals surface area contributed by atoms with Crippen molar-refractivity contribution >= 4 is 11.5 Å². The van der Waals surface area contributed by atoms with Crippen molar-refractivity contribution in [1.82, 2.24) is 9.78 Å². The van der Waals surface area contributed by atoms with Gasteiger partial charge in [0.15, 0.2) is 0 Å². The number of hydrogen-bond acceptors (Lipinski definition) is 3. The Morgan fingerprint density at radius 3 is 2.53 bits per heavy atom. The third-order valence-corrected chi connectivity index (χ3v) is 2.82. The molecule has 1 aromatic rings. The van der Waals surface area contributed by atoms with Crippen LogP contribution in [-0.2, 0) is 6.54 Å². The average molecular weight is 238 g/mol. The van der Waals surface area contributed by atoms with E-state index in [2.05, 4.69) is 38.1 Å². The van der Waals surface area contributed by atoms with Crippen LogP contribution < -0.4 is 11.1 Å². The highest BCUT2D eigenvalue weighted by Gasteiger charge is 2.14. The third-order valence-electron chi connectivity index (χ3n) is 2.82. The number of nitrogens with zero attached hydrogens (tertiary/aromatic N) is 2. The first-order valence-corrected chi connectivity index (χ1v) is 6.55. The first-order valence-electron chi connectivity index (χ1n) is 6.55. The number of rotatable bonds is 6. The molecule has 1 heterocycles. The molecule has 0 aliphatic carbocycles. The summed E-state index contributed by atoms with van der Waals surface area (Å²) >= 11 is 0. The second-order valence-corrected chi connectivity index (χ2v) is 5.25. The van der Waals surface area contributed by atoms with Crippen LogP contribution in [0.1, 0.15) is 46.2 Å². The zero-order chi connectivity index (χ0) is 13.0. The van der Waals surface area contributed by atoms with Gasteiger partial charge in [0.2, 0.25) is 0 Å². The summed E-state index contributed by atoms with van der Waals surface area (Å²) in [4.78, 5) is 0.